The maximum absolute atomic E-state index is 12.9. The van der Waals surface area contributed by atoms with Crippen LogP contribution >= 0.6 is 23.2 Å². The molecule has 0 bridgehead atoms. The minimum absolute atomic E-state index is 0.0607. The summed E-state index contributed by atoms with van der Waals surface area (Å²) >= 11 is 11.7. The fourth-order valence-corrected chi connectivity index (χ4v) is 2.12. The van der Waals surface area contributed by atoms with Crippen molar-refractivity contribution in [2.45, 2.75) is 13.2 Å². The second kappa shape index (κ2) is 6.91. The third-order valence-electron chi connectivity index (χ3n) is 2.65. The number of halogens is 5. The molecule has 0 saturated carbocycles. The van der Waals surface area contributed by atoms with Crippen molar-refractivity contribution >= 4 is 28.9 Å². The van der Waals surface area contributed by atoms with Crippen molar-refractivity contribution in [1.29, 1.82) is 0 Å². The minimum atomic E-state index is -2.93. The standard InChI is InChI=1S/C14H10Cl2F3NO/c15-11-5-9(17)2-1-8(11)7-20-10-3-4-13(12(16)6-10)21-14(18)19/h1-6,14,20H,7H2. The van der Waals surface area contributed by atoms with E-state index in [1.165, 1.54) is 24.3 Å². The minimum Gasteiger partial charge on any atom is -0.433 e. The summed E-state index contributed by atoms with van der Waals surface area (Å²) in [6, 6.07) is 8.40. The summed E-state index contributed by atoms with van der Waals surface area (Å²) in [5.74, 6) is -0.516. The lowest BCUT2D eigenvalue weighted by molar-refractivity contribution is -0.0497. The fourth-order valence-electron chi connectivity index (χ4n) is 1.66. The van der Waals surface area contributed by atoms with E-state index in [1.807, 2.05) is 0 Å². The van der Waals surface area contributed by atoms with Crippen molar-refractivity contribution in [3.63, 3.8) is 0 Å². The summed E-state index contributed by atoms with van der Waals surface area (Å²) in [4.78, 5) is 0. The van der Waals surface area contributed by atoms with Crippen molar-refractivity contribution in [2.24, 2.45) is 0 Å². The van der Waals surface area contributed by atoms with E-state index in [0.717, 1.165) is 0 Å². The molecule has 0 amide bonds. The molecule has 0 saturated heterocycles. The third kappa shape index (κ3) is 4.44. The normalized spacial score (nSPS) is 10.8. The summed E-state index contributed by atoms with van der Waals surface area (Å²) in [7, 11) is 0. The molecule has 0 spiro atoms. The molecule has 1 N–H and O–H groups in total. The molecule has 2 aromatic rings. The number of hydrogen-bond donors (Lipinski definition) is 1. The lowest BCUT2D eigenvalue weighted by Crippen LogP contribution is -2.03. The Morgan fingerprint density at radius 3 is 2.43 bits per heavy atom. The number of hydrogen-bond acceptors (Lipinski definition) is 2. The molecule has 0 aliphatic carbocycles. The Bertz CT molecular complexity index is 638. The predicted molar refractivity (Wildman–Crippen MR) is 76.8 cm³/mol. The summed E-state index contributed by atoms with van der Waals surface area (Å²) in [5, 5.41) is 3.37. The van der Waals surface area contributed by atoms with E-state index in [2.05, 4.69) is 10.1 Å². The highest BCUT2D eigenvalue weighted by atomic mass is 35.5. The van der Waals surface area contributed by atoms with Crippen LogP contribution in [0.4, 0.5) is 18.9 Å². The molecule has 0 heterocycles. The van der Waals surface area contributed by atoms with Crippen LogP contribution in [0.1, 0.15) is 5.56 Å². The van der Waals surface area contributed by atoms with Crippen molar-refractivity contribution in [3.05, 3.63) is 57.8 Å². The van der Waals surface area contributed by atoms with E-state index in [4.69, 9.17) is 23.2 Å². The summed E-state index contributed by atoms with van der Waals surface area (Å²) in [5.41, 5.74) is 1.30. The van der Waals surface area contributed by atoms with Gasteiger partial charge in [-0.3, -0.25) is 0 Å². The number of nitrogens with one attached hydrogen (secondary N) is 1. The second-order valence-electron chi connectivity index (χ2n) is 4.11. The van der Waals surface area contributed by atoms with E-state index in [0.29, 0.717) is 22.8 Å². The first-order valence-electron chi connectivity index (χ1n) is 5.88. The average Bonchev–Trinajstić information content (AvgIpc) is 2.40. The molecule has 112 valence electrons. The predicted octanol–water partition coefficient (Wildman–Crippen LogP) is 5.35. The molecule has 2 nitrogen and oxygen atoms in total. The van der Waals surface area contributed by atoms with Crippen LogP contribution in [0.3, 0.4) is 0 Å². The van der Waals surface area contributed by atoms with Crippen LogP contribution < -0.4 is 10.1 Å². The Kier molecular flexibility index (Phi) is 5.20. The van der Waals surface area contributed by atoms with Gasteiger partial charge in [0.25, 0.3) is 0 Å². The lowest BCUT2D eigenvalue weighted by atomic mass is 10.2. The van der Waals surface area contributed by atoms with Gasteiger partial charge >= 0.3 is 6.61 Å². The maximum atomic E-state index is 12.9. The van der Waals surface area contributed by atoms with Crippen LogP contribution in [0.25, 0.3) is 0 Å². The first-order chi connectivity index (χ1) is 9.95. The largest absolute Gasteiger partial charge is 0.433 e. The van der Waals surface area contributed by atoms with E-state index in [9.17, 15) is 13.2 Å². The first kappa shape index (κ1) is 15.8. The molecule has 0 atom stereocenters. The zero-order valence-electron chi connectivity index (χ0n) is 10.5. The molecule has 0 aliphatic rings. The summed E-state index contributed by atoms with van der Waals surface area (Å²) in [6.07, 6.45) is 0. The first-order valence-corrected chi connectivity index (χ1v) is 6.63. The van der Waals surface area contributed by atoms with Gasteiger partial charge in [0.15, 0.2) is 0 Å². The highest BCUT2D eigenvalue weighted by Gasteiger charge is 2.09. The molecule has 7 heteroatoms. The van der Waals surface area contributed by atoms with Crippen molar-refractivity contribution in [1.82, 2.24) is 0 Å². The maximum Gasteiger partial charge on any atom is 0.387 e. The molecular weight excluding hydrogens is 326 g/mol. The Balaban J connectivity index is 2.05. The monoisotopic (exact) mass is 335 g/mol. The Labute approximate surface area is 129 Å². The van der Waals surface area contributed by atoms with Gasteiger partial charge in [-0.05, 0) is 35.9 Å². The topological polar surface area (TPSA) is 21.3 Å². The molecule has 0 aromatic heterocycles. The smallest absolute Gasteiger partial charge is 0.387 e. The quantitative estimate of drug-likeness (QED) is 0.795. The number of alkyl halides is 2. The van der Waals surface area contributed by atoms with Gasteiger partial charge in [0.1, 0.15) is 11.6 Å². The Hall–Kier alpha value is -1.59. The van der Waals surface area contributed by atoms with Crippen molar-refractivity contribution < 1.29 is 17.9 Å². The molecule has 2 aromatic carbocycles. The van der Waals surface area contributed by atoms with E-state index >= 15 is 0 Å². The van der Waals surface area contributed by atoms with Gasteiger partial charge in [-0.25, -0.2) is 4.39 Å². The van der Waals surface area contributed by atoms with E-state index in [-0.39, 0.29) is 10.8 Å². The highest BCUT2D eigenvalue weighted by Crippen LogP contribution is 2.29. The molecular formula is C14H10Cl2F3NO. The van der Waals surface area contributed by atoms with Gasteiger partial charge in [-0.1, -0.05) is 29.3 Å². The fraction of sp³-hybridized carbons (Fsp3) is 0.143. The molecule has 0 unspecified atom stereocenters. The van der Waals surface area contributed by atoms with Crippen LogP contribution in [0.2, 0.25) is 10.0 Å². The van der Waals surface area contributed by atoms with Gasteiger partial charge in [0.2, 0.25) is 0 Å². The molecule has 21 heavy (non-hydrogen) atoms. The van der Waals surface area contributed by atoms with E-state index < -0.39 is 12.4 Å². The molecule has 0 fully saturated rings. The lowest BCUT2D eigenvalue weighted by Gasteiger charge is -2.11. The van der Waals surface area contributed by atoms with Crippen molar-refractivity contribution in [3.8, 4) is 5.75 Å². The number of anilines is 1. The highest BCUT2D eigenvalue weighted by molar-refractivity contribution is 6.32. The van der Waals surface area contributed by atoms with Gasteiger partial charge in [0.05, 0.1) is 5.02 Å². The molecule has 0 aliphatic heterocycles. The Morgan fingerprint density at radius 2 is 1.81 bits per heavy atom. The van der Waals surface area contributed by atoms with Gasteiger partial charge < -0.3 is 10.1 Å². The number of benzene rings is 2. The molecule has 0 radical (unpaired) electrons. The van der Waals surface area contributed by atoms with Crippen LogP contribution in [-0.4, -0.2) is 6.61 Å². The van der Waals surface area contributed by atoms with Crippen LogP contribution in [0.15, 0.2) is 36.4 Å². The molecule has 2 rings (SSSR count). The van der Waals surface area contributed by atoms with Crippen LogP contribution in [-0.2, 0) is 6.54 Å². The average molecular weight is 336 g/mol. The third-order valence-corrected chi connectivity index (χ3v) is 3.29. The Morgan fingerprint density at radius 1 is 1.05 bits per heavy atom. The zero-order chi connectivity index (χ0) is 15.4. The SMILES string of the molecule is Fc1ccc(CNc2ccc(OC(F)F)c(Cl)c2)c(Cl)c1. The van der Waals surface area contributed by atoms with Gasteiger partial charge in [-0.15, -0.1) is 0 Å². The number of rotatable bonds is 5. The van der Waals surface area contributed by atoms with Gasteiger partial charge in [-0.2, -0.15) is 8.78 Å². The van der Waals surface area contributed by atoms with Crippen LogP contribution in [0.5, 0.6) is 5.75 Å². The van der Waals surface area contributed by atoms with Crippen molar-refractivity contribution in [2.75, 3.05) is 5.32 Å². The van der Waals surface area contributed by atoms with E-state index in [1.54, 1.807) is 12.1 Å². The van der Waals surface area contributed by atoms with Crippen LogP contribution in [0, 0.1) is 5.82 Å². The summed E-state index contributed by atoms with van der Waals surface area (Å²) in [6.45, 7) is -2.59. The summed E-state index contributed by atoms with van der Waals surface area (Å²) < 4.78 is 41.4. The number of ether oxygens (including phenoxy) is 1. The van der Waals surface area contributed by atoms with Gasteiger partial charge in [0, 0.05) is 17.3 Å². The second-order valence-corrected chi connectivity index (χ2v) is 4.93. The zero-order valence-corrected chi connectivity index (χ0v) is 12.1.